The molecular formula is C29H32ClF4N7O2. The summed E-state index contributed by atoms with van der Waals surface area (Å²) in [6.45, 7) is 8.84. The maximum Gasteiger partial charge on any atom is 0.418 e. The number of anilines is 2. The van der Waals surface area contributed by atoms with Gasteiger partial charge in [-0.05, 0) is 64.1 Å². The fourth-order valence-electron chi connectivity index (χ4n) is 5.86. The van der Waals surface area contributed by atoms with Crippen LogP contribution in [0.3, 0.4) is 0 Å². The maximum absolute atomic E-state index is 16.5. The van der Waals surface area contributed by atoms with Crippen LogP contribution in [0.15, 0.2) is 24.8 Å². The molecule has 2 saturated heterocycles. The minimum Gasteiger partial charge on any atom is -0.462 e. The second kappa shape index (κ2) is 11.8. The van der Waals surface area contributed by atoms with Crippen molar-refractivity contribution < 1.29 is 27.1 Å². The monoisotopic (exact) mass is 621 g/mol. The average molecular weight is 622 g/mol. The summed E-state index contributed by atoms with van der Waals surface area (Å²) in [4.78, 5) is 30.7. The van der Waals surface area contributed by atoms with E-state index in [1.54, 1.807) is 4.90 Å². The van der Waals surface area contributed by atoms with Crippen LogP contribution in [-0.4, -0.2) is 82.6 Å². The fraction of sp³-hybridized carbons (Fsp3) is 0.448. The summed E-state index contributed by atoms with van der Waals surface area (Å²) >= 11 is 6.54. The molecule has 9 nitrogen and oxygen atoms in total. The number of fused-ring (bicyclic) bond motifs is 1. The molecule has 14 heteroatoms. The van der Waals surface area contributed by atoms with Crippen LogP contribution in [-0.2, 0) is 11.0 Å². The van der Waals surface area contributed by atoms with Crippen molar-refractivity contribution >= 4 is 40.0 Å². The summed E-state index contributed by atoms with van der Waals surface area (Å²) in [5.74, 6) is -1.25. The summed E-state index contributed by atoms with van der Waals surface area (Å²) in [5, 5.41) is -0.131. The van der Waals surface area contributed by atoms with Crippen LogP contribution >= 0.6 is 11.6 Å². The van der Waals surface area contributed by atoms with Crippen LogP contribution in [0.2, 0.25) is 5.02 Å². The van der Waals surface area contributed by atoms with E-state index < -0.39 is 28.8 Å². The molecule has 5 rings (SSSR count). The molecule has 230 valence electrons. The topological polar surface area (TPSA) is 101 Å². The Hall–Kier alpha value is -3.71. The molecule has 0 spiro atoms. The molecule has 2 atom stereocenters. The molecule has 2 aromatic heterocycles. The van der Waals surface area contributed by atoms with E-state index in [9.17, 15) is 18.0 Å². The molecule has 0 radical (unpaired) electrons. The Morgan fingerprint density at radius 2 is 1.98 bits per heavy atom. The van der Waals surface area contributed by atoms with Crippen molar-refractivity contribution in [3.8, 4) is 17.3 Å². The number of aryl methyl sites for hydroxylation is 1. The van der Waals surface area contributed by atoms with Crippen LogP contribution in [0.25, 0.3) is 22.2 Å². The largest absolute Gasteiger partial charge is 0.462 e. The van der Waals surface area contributed by atoms with Crippen LogP contribution in [0.1, 0.15) is 30.9 Å². The van der Waals surface area contributed by atoms with Crippen LogP contribution in [0.4, 0.5) is 29.2 Å². The Bertz CT molecular complexity index is 1590. The summed E-state index contributed by atoms with van der Waals surface area (Å²) in [7, 11) is 1.98. The van der Waals surface area contributed by atoms with Gasteiger partial charge in [0.15, 0.2) is 5.82 Å². The molecule has 0 bridgehead atoms. The fourth-order valence-corrected chi connectivity index (χ4v) is 6.14. The summed E-state index contributed by atoms with van der Waals surface area (Å²) < 4.78 is 65.0. The number of alkyl halides is 3. The number of aromatic nitrogens is 3. The van der Waals surface area contributed by atoms with E-state index in [-0.39, 0.29) is 63.7 Å². The number of nitrogens with two attached hydrogens (primary N) is 1. The number of nitrogens with zero attached hydrogens (tertiary/aromatic N) is 6. The molecule has 2 N–H and O–H groups in total. The van der Waals surface area contributed by atoms with Crippen LogP contribution in [0, 0.1) is 12.7 Å². The van der Waals surface area contributed by atoms with E-state index in [1.807, 2.05) is 18.9 Å². The molecule has 1 aromatic carbocycles. The molecule has 43 heavy (non-hydrogen) atoms. The number of rotatable bonds is 6. The minimum atomic E-state index is -4.86. The SMILES string of the molecule is C=CC(=O)N1CCN(c2nc(OCC3CCCN3C)nc3c(F)c(-c4nc(N)cc(C)c4C(F)(F)F)c(Cl)cc23)C(C)C1. The number of likely N-dealkylation sites (tertiary alicyclic amines) is 1. The maximum atomic E-state index is 16.5. The number of piperazine rings is 1. The molecule has 4 heterocycles. The third-order valence-electron chi connectivity index (χ3n) is 8.06. The third kappa shape index (κ3) is 5.92. The summed E-state index contributed by atoms with van der Waals surface area (Å²) in [6.07, 6.45) is -1.71. The zero-order chi connectivity index (χ0) is 31.2. The van der Waals surface area contributed by atoms with E-state index >= 15 is 4.39 Å². The van der Waals surface area contributed by atoms with Gasteiger partial charge in [-0.15, -0.1) is 0 Å². The van der Waals surface area contributed by atoms with E-state index in [4.69, 9.17) is 22.1 Å². The number of carbonyl (C=O) groups is 1. The van der Waals surface area contributed by atoms with Crippen molar-refractivity contribution in [3.63, 3.8) is 0 Å². The highest BCUT2D eigenvalue weighted by molar-refractivity contribution is 6.34. The van der Waals surface area contributed by atoms with Crippen molar-refractivity contribution in [2.45, 2.75) is 44.9 Å². The van der Waals surface area contributed by atoms with E-state index in [1.165, 1.54) is 19.1 Å². The number of likely N-dealkylation sites (N-methyl/N-ethyl adjacent to an activating group) is 1. The standard InChI is InChI=1S/C29H32ClF4N7O2/c1-5-21(42)40-9-10-41(16(3)13-40)27-18-12-19(30)22(26-23(29(32,33)34)15(2)11-20(35)36-26)24(31)25(18)37-28(38-27)43-14-17-7-6-8-39(17)4/h5,11-12,16-17H,1,6-10,13-14H2,2-4H3,(H2,35,36). The van der Waals surface area contributed by atoms with Crippen LogP contribution < -0.4 is 15.4 Å². The molecule has 2 aliphatic heterocycles. The second-order valence-electron chi connectivity index (χ2n) is 11.0. The van der Waals surface area contributed by atoms with Gasteiger partial charge < -0.3 is 25.2 Å². The first-order chi connectivity index (χ1) is 20.3. The minimum absolute atomic E-state index is 0.106. The molecule has 2 fully saturated rings. The van der Waals surface area contributed by atoms with E-state index in [2.05, 4.69) is 26.4 Å². The highest BCUT2D eigenvalue weighted by Gasteiger charge is 2.39. The molecule has 0 aliphatic carbocycles. The van der Waals surface area contributed by atoms with Crippen LogP contribution in [0.5, 0.6) is 6.01 Å². The van der Waals surface area contributed by atoms with Gasteiger partial charge in [0.1, 0.15) is 23.8 Å². The summed E-state index contributed by atoms with van der Waals surface area (Å²) in [6, 6.07) is 2.13. The molecule has 0 saturated carbocycles. The smallest absolute Gasteiger partial charge is 0.418 e. The number of benzene rings is 1. The Labute approximate surface area is 251 Å². The molecule has 2 unspecified atom stereocenters. The first kappa shape index (κ1) is 30.7. The Morgan fingerprint density at radius 1 is 1.23 bits per heavy atom. The number of ether oxygens (including phenoxy) is 1. The second-order valence-corrected chi connectivity index (χ2v) is 11.4. The quantitative estimate of drug-likeness (QED) is 0.300. The van der Waals surface area contributed by atoms with Gasteiger partial charge in [-0.1, -0.05) is 18.2 Å². The molecule has 1 amide bonds. The lowest BCUT2D eigenvalue weighted by Crippen LogP contribution is -2.53. The lowest BCUT2D eigenvalue weighted by Gasteiger charge is -2.40. The van der Waals surface area contributed by atoms with Gasteiger partial charge in [0.2, 0.25) is 5.91 Å². The Morgan fingerprint density at radius 3 is 2.60 bits per heavy atom. The van der Waals surface area contributed by atoms with Gasteiger partial charge in [0.05, 0.1) is 21.8 Å². The predicted octanol–water partition coefficient (Wildman–Crippen LogP) is 5.09. The van der Waals surface area contributed by atoms with Crippen molar-refractivity contribution in [2.75, 3.05) is 50.5 Å². The van der Waals surface area contributed by atoms with Gasteiger partial charge >= 0.3 is 12.2 Å². The Balaban J connectivity index is 1.68. The van der Waals surface area contributed by atoms with Crippen molar-refractivity contribution in [3.05, 3.63) is 46.8 Å². The van der Waals surface area contributed by atoms with Gasteiger partial charge in [-0.2, -0.15) is 23.1 Å². The van der Waals surface area contributed by atoms with Gasteiger partial charge in [0.25, 0.3) is 0 Å². The number of carbonyl (C=O) groups excluding carboxylic acids is 1. The average Bonchev–Trinajstić information content (AvgIpc) is 3.34. The van der Waals surface area contributed by atoms with E-state index in [0.29, 0.717) is 19.6 Å². The molecular weight excluding hydrogens is 590 g/mol. The van der Waals surface area contributed by atoms with Crippen molar-refractivity contribution in [1.82, 2.24) is 24.8 Å². The predicted molar refractivity (Wildman–Crippen MR) is 157 cm³/mol. The van der Waals surface area contributed by atoms with Crippen molar-refractivity contribution in [1.29, 1.82) is 0 Å². The van der Waals surface area contributed by atoms with Crippen molar-refractivity contribution in [2.24, 2.45) is 0 Å². The van der Waals surface area contributed by atoms with Gasteiger partial charge in [-0.25, -0.2) is 9.37 Å². The number of hydrogen-bond donors (Lipinski definition) is 1. The Kier molecular flexibility index (Phi) is 8.41. The number of hydrogen-bond acceptors (Lipinski definition) is 8. The zero-order valence-corrected chi connectivity index (χ0v) is 24.8. The number of halogens is 5. The lowest BCUT2D eigenvalue weighted by molar-refractivity contribution is -0.137. The third-order valence-corrected chi connectivity index (χ3v) is 8.36. The lowest BCUT2D eigenvalue weighted by atomic mass is 9.99. The summed E-state index contributed by atoms with van der Waals surface area (Å²) in [5.41, 5.74) is 2.86. The van der Waals surface area contributed by atoms with E-state index in [0.717, 1.165) is 25.5 Å². The zero-order valence-electron chi connectivity index (χ0n) is 24.0. The highest BCUT2D eigenvalue weighted by Crippen LogP contribution is 2.44. The van der Waals surface area contributed by atoms with Gasteiger partial charge in [-0.3, -0.25) is 4.79 Å². The number of pyridine rings is 1. The first-order valence-corrected chi connectivity index (χ1v) is 14.2. The first-order valence-electron chi connectivity index (χ1n) is 13.9. The number of nitrogen functional groups attached to an aromatic ring is 1. The molecule has 2 aliphatic rings. The normalized spacial score (nSPS) is 19.7. The van der Waals surface area contributed by atoms with Gasteiger partial charge in [0, 0.05) is 37.1 Å². The molecule has 3 aromatic rings. The highest BCUT2D eigenvalue weighted by atomic mass is 35.5. The number of amides is 1.